The van der Waals surface area contributed by atoms with Gasteiger partial charge < -0.3 is 11.1 Å². The summed E-state index contributed by atoms with van der Waals surface area (Å²) >= 11 is 2.03. The van der Waals surface area contributed by atoms with Crippen molar-refractivity contribution >= 4 is 48.2 Å². The molecule has 2 rings (SSSR count). The molecule has 1 heterocycles. The number of anilines is 1. The molecule has 4 nitrogen and oxygen atoms in total. The number of benzene rings is 1. The zero-order valence-corrected chi connectivity index (χ0v) is 16.2. The lowest BCUT2D eigenvalue weighted by atomic mass is 10.1. The molecule has 1 fully saturated rings. The fourth-order valence-corrected chi connectivity index (χ4v) is 3.45. The zero-order valence-electron chi connectivity index (χ0n) is 13.7. The van der Waals surface area contributed by atoms with E-state index in [0.717, 1.165) is 30.9 Å². The largest absolute Gasteiger partial charge is 0.327 e. The van der Waals surface area contributed by atoms with E-state index >= 15 is 0 Å². The highest BCUT2D eigenvalue weighted by molar-refractivity contribution is 7.99. The van der Waals surface area contributed by atoms with Crippen LogP contribution in [0.15, 0.2) is 18.2 Å². The number of carbonyl (C=O) groups is 1. The Morgan fingerprint density at radius 1 is 1.35 bits per heavy atom. The van der Waals surface area contributed by atoms with Crippen molar-refractivity contribution in [1.82, 2.24) is 4.90 Å². The van der Waals surface area contributed by atoms with Crippen LogP contribution in [-0.4, -0.2) is 41.4 Å². The van der Waals surface area contributed by atoms with Crippen LogP contribution in [0.4, 0.5) is 5.69 Å². The molecule has 132 valence electrons. The minimum atomic E-state index is -0.110. The van der Waals surface area contributed by atoms with Crippen molar-refractivity contribution in [2.24, 2.45) is 5.73 Å². The number of nitrogens with zero attached hydrogens (tertiary/aromatic N) is 1. The molecule has 7 heteroatoms. The van der Waals surface area contributed by atoms with Crippen LogP contribution in [0, 0.1) is 6.92 Å². The van der Waals surface area contributed by atoms with Gasteiger partial charge in [-0.3, -0.25) is 9.69 Å². The maximum Gasteiger partial charge on any atom is 0.225 e. The number of amides is 1. The van der Waals surface area contributed by atoms with Gasteiger partial charge in [0.15, 0.2) is 0 Å². The van der Waals surface area contributed by atoms with Crippen LogP contribution in [0.25, 0.3) is 0 Å². The smallest absolute Gasteiger partial charge is 0.225 e. The van der Waals surface area contributed by atoms with Crippen LogP contribution >= 0.6 is 36.6 Å². The molecular formula is C16H27Cl2N3OS. The summed E-state index contributed by atoms with van der Waals surface area (Å²) in [5.41, 5.74) is 8.95. The topological polar surface area (TPSA) is 58.4 Å². The third kappa shape index (κ3) is 7.77. The summed E-state index contributed by atoms with van der Waals surface area (Å²) in [6, 6.07) is 6.17. The van der Waals surface area contributed by atoms with Crippen LogP contribution in [0.3, 0.4) is 0 Å². The Labute approximate surface area is 155 Å². The van der Waals surface area contributed by atoms with E-state index in [1.54, 1.807) is 0 Å². The Morgan fingerprint density at radius 3 is 2.57 bits per heavy atom. The molecular weight excluding hydrogens is 353 g/mol. The average Bonchev–Trinajstić information content (AvgIpc) is 2.42. The van der Waals surface area contributed by atoms with E-state index in [0.29, 0.717) is 6.42 Å². The Bertz CT molecular complexity index is 494. The highest BCUT2D eigenvalue weighted by atomic mass is 35.5. The summed E-state index contributed by atoms with van der Waals surface area (Å²) in [7, 11) is 0. The number of thioether (sulfide) groups is 1. The van der Waals surface area contributed by atoms with E-state index < -0.39 is 0 Å². The number of halogens is 2. The van der Waals surface area contributed by atoms with Gasteiger partial charge in [-0.05, 0) is 31.0 Å². The van der Waals surface area contributed by atoms with Crippen LogP contribution in [0.1, 0.15) is 24.5 Å². The maximum absolute atomic E-state index is 11.8. The Morgan fingerprint density at radius 2 is 2.00 bits per heavy atom. The third-order valence-corrected chi connectivity index (χ3v) is 4.52. The van der Waals surface area contributed by atoms with Gasteiger partial charge in [-0.2, -0.15) is 11.8 Å². The molecule has 1 amide bonds. The van der Waals surface area contributed by atoms with Gasteiger partial charge in [0, 0.05) is 49.3 Å². The van der Waals surface area contributed by atoms with E-state index in [-0.39, 0.29) is 36.8 Å². The van der Waals surface area contributed by atoms with Crippen molar-refractivity contribution in [3.05, 3.63) is 29.3 Å². The minimum Gasteiger partial charge on any atom is -0.327 e. The summed E-state index contributed by atoms with van der Waals surface area (Å²) < 4.78 is 0. The summed E-state index contributed by atoms with van der Waals surface area (Å²) in [4.78, 5) is 14.3. The maximum atomic E-state index is 11.8. The number of hydrogen-bond donors (Lipinski definition) is 2. The second kappa shape index (κ2) is 11.2. The molecule has 0 saturated carbocycles. The van der Waals surface area contributed by atoms with Gasteiger partial charge in [-0.1, -0.05) is 12.1 Å². The summed E-state index contributed by atoms with van der Waals surface area (Å²) in [6.07, 6.45) is 0.354. The van der Waals surface area contributed by atoms with E-state index in [9.17, 15) is 4.79 Å². The molecule has 1 aromatic rings. The van der Waals surface area contributed by atoms with Crippen molar-refractivity contribution in [3.8, 4) is 0 Å². The van der Waals surface area contributed by atoms with Crippen molar-refractivity contribution < 1.29 is 4.79 Å². The molecule has 23 heavy (non-hydrogen) atoms. The first-order valence-corrected chi connectivity index (χ1v) is 8.65. The number of carbonyl (C=O) groups excluding carboxylic acids is 1. The molecule has 1 atom stereocenters. The molecule has 1 aliphatic rings. The fourth-order valence-electron chi connectivity index (χ4n) is 2.48. The second-order valence-electron chi connectivity index (χ2n) is 5.77. The lowest BCUT2D eigenvalue weighted by Crippen LogP contribution is -2.32. The zero-order chi connectivity index (χ0) is 15.2. The predicted molar refractivity (Wildman–Crippen MR) is 105 cm³/mol. The van der Waals surface area contributed by atoms with Crippen LogP contribution in [-0.2, 0) is 11.3 Å². The number of aryl methyl sites for hydroxylation is 1. The second-order valence-corrected chi connectivity index (χ2v) is 6.99. The third-order valence-electron chi connectivity index (χ3n) is 3.58. The lowest BCUT2D eigenvalue weighted by molar-refractivity contribution is -0.116. The van der Waals surface area contributed by atoms with Gasteiger partial charge in [-0.25, -0.2) is 0 Å². The molecule has 0 bridgehead atoms. The van der Waals surface area contributed by atoms with Gasteiger partial charge in [0.05, 0.1) is 0 Å². The van der Waals surface area contributed by atoms with Crippen molar-refractivity contribution in [2.75, 3.05) is 29.9 Å². The molecule has 1 aliphatic heterocycles. The van der Waals surface area contributed by atoms with Gasteiger partial charge in [-0.15, -0.1) is 24.8 Å². The monoisotopic (exact) mass is 379 g/mol. The van der Waals surface area contributed by atoms with Crippen LogP contribution in [0.5, 0.6) is 0 Å². The summed E-state index contributed by atoms with van der Waals surface area (Å²) in [6.45, 7) is 7.20. The SMILES string of the molecule is Cc1cc(CN2CCSCC2)ccc1NC(=O)CC(C)N.Cl.Cl. The van der Waals surface area contributed by atoms with Crippen molar-refractivity contribution in [3.63, 3.8) is 0 Å². The molecule has 0 aromatic heterocycles. The van der Waals surface area contributed by atoms with Crippen LogP contribution in [0.2, 0.25) is 0 Å². The molecule has 1 unspecified atom stereocenters. The average molecular weight is 380 g/mol. The Balaban J connectivity index is 0.00000242. The molecule has 1 aromatic carbocycles. The van der Waals surface area contributed by atoms with E-state index in [1.165, 1.54) is 17.1 Å². The molecule has 0 aliphatic carbocycles. The molecule has 1 saturated heterocycles. The summed E-state index contributed by atoms with van der Waals surface area (Å²) in [5.74, 6) is 2.43. The predicted octanol–water partition coefficient (Wildman–Crippen LogP) is 3.06. The fraction of sp³-hybridized carbons (Fsp3) is 0.562. The van der Waals surface area contributed by atoms with E-state index in [4.69, 9.17) is 5.73 Å². The highest BCUT2D eigenvalue weighted by Crippen LogP contribution is 2.19. The molecule has 0 radical (unpaired) electrons. The van der Waals surface area contributed by atoms with Crippen molar-refractivity contribution in [2.45, 2.75) is 32.9 Å². The van der Waals surface area contributed by atoms with E-state index in [2.05, 4.69) is 22.3 Å². The standard InChI is InChI=1S/C16H25N3OS.2ClH/c1-12-9-14(11-19-5-7-21-8-6-19)3-4-15(12)18-16(20)10-13(2)17;;/h3-4,9,13H,5-8,10-11,17H2,1-2H3,(H,18,20);2*1H. The number of nitrogens with two attached hydrogens (primary N) is 1. The van der Waals surface area contributed by atoms with Gasteiger partial charge >= 0.3 is 0 Å². The van der Waals surface area contributed by atoms with E-state index in [1.807, 2.05) is 31.7 Å². The summed E-state index contributed by atoms with van der Waals surface area (Å²) in [5, 5.41) is 2.94. The highest BCUT2D eigenvalue weighted by Gasteiger charge is 2.12. The van der Waals surface area contributed by atoms with Gasteiger partial charge in [0.25, 0.3) is 0 Å². The quantitative estimate of drug-likeness (QED) is 0.824. The lowest BCUT2D eigenvalue weighted by Gasteiger charge is -2.26. The van der Waals surface area contributed by atoms with Gasteiger partial charge in [0.1, 0.15) is 0 Å². The number of rotatable bonds is 5. The Kier molecular flexibility index (Phi) is 10.9. The molecule has 3 N–H and O–H groups in total. The first-order valence-electron chi connectivity index (χ1n) is 7.49. The Hall–Kier alpha value is -0.460. The van der Waals surface area contributed by atoms with Crippen LogP contribution < -0.4 is 11.1 Å². The van der Waals surface area contributed by atoms with Crippen molar-refractivity contribution in [1.29, 1.82) is 0 Å². The first kappa shape index (κ1) is 22.5. The minimum absolute atomic E-state index is 0. The normalized spacial score (nSPS) is 16.0. The number of nitrogens with one attached hydrogen (secondary N) is 1. The van der Waals surface area contributed by atoms with Gasteiger partial charge in [0.2, 0.25) is 5.91 Å². The number of hydrogen-bond acceptors (Lipinski definition) is 4. The molecule has 0 spiro atoms. The first-order chi connectivity index (χ1) is 10.0.